The molecule has 0 aromatic heterocycles. The van der Waals surface area contributed by atoms with Gasteiger partial charge in [-0.25, -0.2) is 0 Å². The zero-order chi connectivity index (χ0) is 20.0. The second-order valence-electron chi connectivity index (χ2n) is 8.31. The maximum absolute atomic E-state index is 12.9. The number of rotatable bonds is 2. The first-order valence-corrected chi connectivity index (χ1v) is 10.1. The second kappa shape index (κ2) is 6.72. The maximum atomic E-state index is 12.9. The normalized spacial score (nSPS) is 25.0. The average molecular weight is 389 g/mol. The molecule has 0 bridgehead atoms. The SMILES string of the molecule is O=C1CC(NC(=O)c2ccc3c(c2)CCC2(CCNC2=O)C3)c2ccccc2N1. The Bertz CT molecular complexity index is 1030. The molecule has 1 aliphatic carbocycles. The Morgan fingerprint density at radius 3 is 2.76 bits per heavy atom. The minimum absolute atomic E-state index is 0.0976. The minimum atomic E-state index is -0.339. The molecule has 148 valence electrons. The van der Waals surface area contributed by atoms with Crippen LogP contribution >= 0.6 is 0 Å². The smallest absolute Gasteiger partial charge is 0.251 e. The molecule has 2 atom stereocenters. The number of nitrogens with one attached hydrogen (secondary N) is 3. The van der Waals surface area contributed by atoms with Gasteiger partial charge in [0.15, 0.2) is 0 Å². The summed E-state index contributed by atoms with van der Waals surface area (Å²) in [6, 6.07) is 13.0. The van der Waals surface area contributed by atoms with Crippen molar-refractivity contribution < 1.29 is 14.4 Å². The number of anilines is 1. The van der Waals surface area contributed by atoms with Gasteiger partial charge < -0.3 is 16.0 Å². The van der Waals surface area contributed by atoms with Crippen LogP contribution in [0.5, 0.6) is 0 Å². The Morgan fingerprint density at radius 2 is 1.93 bits per heavy atom. The van der Waals surface area contributed by atoms with E-state index in [2.05, 4.69) is 16.0 Å². The topological polar surface area (TPSA) is 87.3 Å². The summed E-state index contributed by atoms with van der Waals surface area (Å²) in [6.45, 7) is 0.755. The van der Waals surface area contributed by atoms with Crippen LogP contribution < -0.4 is 16.0 Å². The Balaban J connectivity index is 1.36. The quantitative estimate of drug-likeness (QED) is 0.738. The van der Waals surface area contributed by atoms with E-state index < -0.39 is 0 Å². The molecule has 2 aromatic rings. The lowest BCUT2D eigenvalue weighted by Gasteiger charge is -2.32. The van der Waals surface area contributed by atoms with E-state index in [-0.39, 0.29) is 35.6 Å². The summed E-state index contributed by atoms with van der Waals surface area (Å²) in [4.78, 5) is 37.2. The van der Waals surface area contributed by atoms with E-state index in [1.54, 1.807) is 0 Å². The van der Waals surface area contributed by atoms with E-state index in [0.717, 1.165) is 54.6 Å². The van der Waals surface area contributed by atoms with Gasteiger partial charge in [-0.05, 0) is 60.6 Å². The van der Waals surface area contributed by atoms with Gasteiger partial charge in [-0.2, -0.15) is 0 Å². The third-order valence-electron chi connectivity index (χ3n) is 6.55. The lowest BCUT2D eigenvalue weighted by Crippen LogP contribution is -2.37. The highest BCUT2D eigenvalue weighted by atomic mass is 16.2. The molecule has 6 heteroatoms. The van der Waals surface area contributed by atoms with Crippen molar-refractivity contribution in [3.63, 3.8) is 0 Å². The van der Waals surface area contributed by atoms with Crippen LogP contribution in [0.25, 0.3) is 0 Å². The largest absolute Gasteiger partial charge is 0.356 e. The van der Waals surface area contributed by atoms with E-state index in [1.807, 2.05) is 42.5 Å². The van der Waals surface area contributed by atoms with Gasteiger partial charge in [-0.3, -0.25) is 14.4 Å². The number of hydrogen-bond donors (Lipinski definition) is 3. The highest BCUT2D eigenvalue weighted by molar-refractivity contribution is 5.98. The first-order valence-electron chi connectivity index (χ1n) is 10.1. The molecule has 2 unspecified atom stereocenters. The van der Waals surface area contributed by atoms with E-state index >= 15 is 0 Å². The fourth-order valence-corrected chi connectivity index (χ4v) is 4.90. The summed E-state index contributed by atoms with van der Waals surface area (Å²) in [6.07, 6.45) is 3.49. The van der Waals surface area contributed by atoms with Crippen molar-refractivity contribution in [1.82, 2.24) is 10.6 Å². The molecular weight excluding hydrogens is 366 g/mol. The molecule has 3 N–H and O–H groups in total. The molecule has 3 amide bonds. The van der Waals surface area contributed by atoms with Crippen LogP contribution in [0.2, 0.25) is 0 Å². The van der Waals surface area contributed by atoms with Crippen molar-refractivity contribution in [2.45, 2.75) is 38.1 Å². The molecule has 1 fully saturated rings. The van der Waals surface area contributed by atoms with Crippen LogP contribution in [0, 0.1) is 5.41 Å². The van der Waals surface area contributed by atoms with Crippen LogP contribution in [0.1, 0.15) is 52.4 Å². The Morgan fingerprint density at radius 1 is 1.07 bits per heavy atom. The van der Waals surface area contributed by atoms with Gasteiger partial charge in [-0.15, -0.1) is 0 Å². The highest BCUT2D eigenvalue weighted by Crippen LogP contribution is 2.41. The Labute approximate surface area is 169 Å². The molecule has 1 saturated heterocycles. The number of carbonyl (C=O) groups excluding carboxylic acids is 3. The van der Waals surface area contributed by atoms with E-state index in [1.165, 1.54) is 0 Å². The molecule has 0 radical (unpaired) electrons. The standard InChI is InChI=1S/C23H23N3O3/c27-20-12-19(17-3-1-2-4-18(17)25-20)26-21(28)15-5-6-16-13-23(8-7-14(16)11-15)9-10-24-22(23)29/h1-6,11,19H,7-10,12-13H2,(H,24,29)(H,25,27)(H,26,28). The van der Waals surface area contributed by atoms with E-state index in [0.29, 0.717) is 5.56 Å². The predicted octanol–water partition coefficient (Wildman–Crippen LogP) is 2.49. The van der Waals surface area contributed by atoms with Crippen molar-refractivity contribution in [3.8, 4) is 0 Å². The molecule has 2 heterocycles. The van der Waals surface area contributed by atoms with Crippen molar-refractivity contribution in [1.29, 1.82) is 0 Å². The fraction of sp³-hybridized carbons (Fsp3) is 0.348. The molecule has 29 heavy (non-hydrogen) atoms. The molecule has 2 aliphatic heterocycles. The van der Waals surface area contributed by atoms with Crippen LogP contribution in [-0.4, -0.2) is 24.3 Å². The summed E-state index contributed by atoms with van der Waals surface area (Å²) < 4.78 is 0. The van der Waals surface area contributed by atoms with Crippen molar-refractivity contribution in [2.75, 3.05) is 11.9 Å². The predicted molar refractivity (Wildman–Crippen MR) is 108 cm³/mol. The number of para-hydroxylation sites is 1. The summed E-state index contributed by atoms with van der Waals surface area (Å²) in [5.74, 6) is -0.111. The summed E-state index contributed by atoms with van der Waals surface area (Å²) in [5, 5.41) is 8.83. The zero-order valence-electron chi connectivity index (χ0n) is 16.1. The minimum Gasteiger partial charge on any atom is -0.356 e. The van der Waals surface area contributed by atoms with Gasteiger partial charge in [0, 0.05) is 17.8 Å². The summed E-state index contributed by atoms with van der Waals surface area (Å²) in [7, 11) is 0. The van der Waals surface area contributed by atoms with Crippen LogP contribution in [0.3, 0.4) is 0 Å². The Kier molecular flexibility index (Phi) is 4.15. The second-order valence-corrected chi connectivity index (χ2v) is 8.31. The monoisotopic (exact) mass is 389 g/mol. The lowest BCUT2D eigenvalue weighted by atomic mass is 9.70. The van der Waals surface area contributed by atoms with E-state index in [4.69, 9.17) is 0 Å². The number of carbonyl (C=O) groups is 3. The molecule has 6 nitrogen and oxygen atoms in total. The molecule has 0 saturated carbocycles. The van der Waals surface area contributed by atoms with Crippen molar-refractivity contribution >= 4 is 23.4 Å². The van der Waals surface area contributed by atoms with Crippen LogP contribution in [-0.2, 0) is 22.4 Å². The van der Waals surface area contributed by atoms with Gasteiger partial charge in [0.25, 0.3) is 5.91 Å². The zero-order valence-corrected chi connectivity index (χ0v) is 16.1. The maximum Gasteiger partial charge on any atom is 0.251 e. The van der Waals surface area contributed by atoms with Gasteiger partial charge in [0.1, 0.15) is 0 Å². The first kappa shape index (κ1) is 17.9. The third-order valence-corrected chi connectivity index (χ3v) is 6.55. The molecule has 3 aliphatic rings. The van der Waals surface area contributed by atoms with Gasteiger partial charge in [0.05, 0.1) is 17.9 Å². The number of benzene rings is 2. The van der Waals surface area contributed by atoms with Crippen LogP contribution in [0.15, 0.2) is 42.5 Å². The van der Waals surface area contributed by atoms with Gasteiger partial charge in [0.2, 0.25) is 11.8 Å². The van der Waals surface area contributed by atoms with E-state index in [9.17, 15) is 14.4 Å². The van der Waals surface area contributed by atoms with Gasteiger partial charge in [-0.1, -0.05) is 24.3 Å². The third kappa shape index (κ3) is 3.09. The van der Waals surface area contributed by atoms with Gasteiger partial charge >= 0.3 is 0 Å². The highest BCUT2D eigenvalue weighted by Gasteiger charge is 2.44. The first-order chi connectivity index (χ1) is 14.0. The van der Waals surface area contributed by atoms with Crippen LogP contribution in [0.4, 0.5) is 5.69 Å². The molecular formula is C23H23N3O3. The van der Waals surface area contributed by atoms with Crippen molar-refractivity contribution in [2.24, 2.45) is 5.41 Å². The lowest BCUT2D eigenvalue weighted by molar-refractivity contribution is -0.128. The molecule has 2 aromatic carbocycles. The number of fused-ring (bicyclic) bond motifs is 2. The molecule has 1 spiro atoms. The summed E-state index contributed by atoms with van der Waals surface area (Å²) >= 11 is 0. The Hall–Kier alpha value is -3.15. The van der Waals surface area contributed by atoms with Crippen molar-refractivity contribution in [3.05, 3.63) is 64.7 Å². The number of hydrogen-bond acceptors (Lipinski definition) is 3. The molecule has 5 rings (SSSR count). The summed E-state index contributed by atoms with van der Waals surface area (Å²) in [5.41, 5.74) is 4.30. The average Bonchev–Trinajstić information content (AvgIpc) is 3.07. The fourth-order valence-electron chi connectivity index (χ4n) is 4.90. The number of amides is 3. The number of aryl methyl sites for hydroxylation is 1.